The summed E-state index contributed by atoms with van der Waals surface area (Å²) < 4.78 is 28.1. The van der Waals surface area contributed by atoms with Gasteiger partial charge in [-0.05, 0) is 32.6 Å². The first-order valence-corrected chi connectivity index (χ1v) is 7.87. The number of hydrogen-bond donors (Lipinski definition) is 1. The van der Waals surface area contributed by atoms with Gasteiger partial charge in [-0.2, -0.15) is 17.4 Å². The van der Waals surface area contributed by atoms with E-state index in [2.05, 4.69) is 4.72 Å². The number of nitrogens with zero attached hydrogens (tertiary/aromatic N) is 1. The molecule has 0 bridgehead atoms. The molecule has 0 aliphatic carbocycles. The molecule has 1 atom stereocenters. The van der Waals surface area contributed by atoms with Crippen molar-refractivity contribution < 1.29 is 8.42 Å². The van der Waals surface area contributed by atoms with Crippen LogP contribution in [0.2, 0.25) is 0 Å². The van der Waals surface area contributed by atoms with Gasteiger partial charge in [-0.15, -0.1) is 11.6 Å². The second kappa shape index (κ2) is 6.79. The standard InChI is InChI=1S/C10H21ClN2O2S/c1-10(6-5-7-11)12-16(14,15)13-8-3-2-4-9-13/h10,12H,2-9H2,1H3. The fourth-order valence-corrected chi connectivity index (χ4v) is 3.54. The Labute approximate surface area is 104 Å². The van der Waals surface area contributed by atoms with Crippen LogP contribution in [0.25, 0.3) is 0 Å². The Bertz CT molecular complexity index is 289. The van der Waals surface area contributed by atoms with E-state index in [4.69, 9.17) is 11.6 Å². The van der Waals surface area contributed by atoms with Gasteiger partial charge in [0, 0.05) is 25.0 Å². The van der Waals surface area contributed by atoms with Crippen LogP contribution in [0.1, 0.15) is 39.0 Å². The Hall–Kier alpha value is 0.160. The normalized spacial score (nSPS) is 20.9. The maximum atomic E-state index is 11.9. The Morgan fingerprint density at radius 1 is 1.31 bits per heavy atom. The fourth-order valence-electron chi connectivity index (χ4n) is 1.88. The number of rotatable bonds is 6. The molecule has 1 rings (SSSR count). The predicted octanol–water partition coefficient (Wildman–Crippen LogP) is 1.71. The minimum absolute atomic E-state index is 0.0364. The molecule has 1 aliphatic heterocycles. The summed E-state index contributed by atoms with van der Waals surface area (Å²) in [6.45, 7) is 3.18. The van der Waals surface area contributed by atoms with Crippen LogP contribution >= 0.6 is 11.6 Å². The first-order chi connectivity index (χ1) is 7.56. The van der Waals surface area contributed by atoms with Crippen molar-refractivity contribution in [1.82, 2.24) is 9.03 Å². The van der Waals surface area contributed by atoms with Gasteiger partial charge in [0.1, 0.15) is 0 Å². The molecule has 4 nitrogen and oxygen atoms in total. The van der Waals surface area contributed by atoms with Crippen LogP contribution in [-0.2, 0) is 10.2 Å². The van der Waals surface area contributed by atoms with E-state index in [9.17, 15) is 8.42 Å². The maximum absolute atomic E-state index is 11.9. The maximum Gasteiger partial charge on any atom is 0.279 e. The second-order valence-corrected chi connectivity index (χ2v) is 6.40. The summed E-state index contributed by atoms with van der Waals surface area (Å²) in [5.41, 5.74) is 0. The first kappa shape index (κ1) is 14.2. The highest BCUT2D eigenvalue weighted by atomic mass is 35.5. The lowest BCUT2D eigenvalue weighted by molar-refractivity contribution is 0.338. The van der Waals surface area contributed by atoms with Gasteiger partial charge >= 0.3 is 0 Å². The molecule has 0 amide bonds. The molecule has 96 valence electrons. The molecular formula is C10H21ClN2O2S. The molecule has 0 radical (unpaired) electrons. The van der Waals surface area contributed by atoms with Crippen molar-refractivity contribution in [3.63, 3.8) is 0 Å². The molecule has 6 heteroatoms. The van der Waals surface area contributed by atoms with Crippen LogP contribution in [0.5, 0.6) is 0 Å². The van der Waals surface area contributed by atoms with Crippen LogP contribution in [0.4, 0.5) is 0 Å². The van der Waals surface area contributed by atoms with Crippen molar-refractivity contribution in [3.05, 3.63) is 0 Å². The molecule has 1 heterocycles. The van der Waals surface area contributed by atoms with Gasteiger partial charge in [0.2, 0.25) is 0 Å². The molecule has 0 spiro atoms. The smallest absolute Gasteiger partial charge is 0.199 e. The zero-order chi connectivity index (χ0) is 12.0. The number of hydrogen-bond acceptors (Lipinski definition) is 2. The highest BCUT2D eigenvalue weighted by molar-refractivity contribution is 7.87. The lowest BCUT2D eigenvalue weighted by Crippen LogP contribution is -2.46. The van der Waals surface area contributed by atoms with Crippen molar-refractivity contribution in [1.29, 1.82) is 0 Å². The fraction of sp³-hybridized carbons (Fsp3) is 1.00. The molecule has 1 N–H and O–H groups in total. The third-order valence-corrected chi connectivity index (χ3v) is 4.79. The Kier molecular flexibility index (Phi) is 6.03. The Morgan fingerprint density at radius 3 is 2.50 bits per heavy atom. The molecular weight excluding hydrogens is 248 g/mol. The number of piperidine rings is 1. The van der Waals surface area contributed by atoms with Gasteiger partial charge in [-0.25, -0.2) is 0 Å². The van der Waals surface area contributed by atoms with Crippen molar-refractivity contribution in [2.75, 3.05) is 19.0 Å². The second-order valence-electron chi connectivity index (χ2n) is 4.31. The van der Waals surface area contributed by atoms with E-state index in [0.29, 0.717) is 19.0 Å². The summed E-state index contributed by atoms with van der Waals surface area (Å²) in [6, 6.07) is -0.0364. The molecule has 0 aromatic carbocycles. The minimum Gasteiger partial charge on any atom is -0.199 e. The summed E-state index contributed by atoms with van der Waals surface area (Å²) in [5, 5.41) is 0. The van der Waals surface area contributed by atoms with Crippen LogP contribution in [0.3, 0.4) is 0 Å². The summed E-state index contributed by atoms with van der Waals surface area (Å²) >= 11 is 5.58. The highest BCUT2D eigenvalue weighted by Crippen LogP contribution is 2.12. The number of alkyl halides is 1. The Balaban J connectivity index is 2.43. The highest BCUT2D eigenvalue weighted by Gasteiger charge is 2.24. The van der Waals surface area contributed by atoms with Crippen LogP contribution in [0.15, 0.2) is 0 Å². The molecule has 0 aromatic heterocycles. The average molecular weight is 269 g/mol. The van der Waals surface area contributed by atoms with Crippen molar-refractivity contribution in [2.24, 2.45) is 0 Å². The van der Waals surface area contributed by atoms with Crippen molar-refractivity contribution in [3.8, 4) is 0 Å². The average Bonchev–Trinajstić information content (AvgIpc) is 2.27. The Morgan fingerprint density at radius 2 is 1.94 bits per heavy atom. The van der Waals surface area contributed by atoms with Crippen LogP contribution < -0.4 is 4.72 Å². The van der Waals surface area contributed by atoms with Gasteiger partial charge in [0.15, 0.2) is 0 Å². The summed E-state index contributed by atoms with van der Waals surface area (Å²) in [5.74, 6) is 0.579. The minimum atomic E-state index is -3.27. The van der Waals surface area contributed by atoms with Gasteiger partial charge in [0.25, 0.3) is 10.2 Å². The van der Waals surface area contributed by atoms with E-state index in [1.165, 1.54) is 0 Å². The summed E-state index contributed by atoms with van der Waals surface area (Å²) in [6.07, 6.45) is 4.70. The monoisotopic (exact) mass is 268 g/mol. The first-order valence-electron chi connectivity index (χ1n) is 5.89. The number of halogens is 1. The summed E-state index contributed by atoms with van der Waals surface area (Å²) in [7, 11) is -3.27. The molecule has 0 saturated carbocycles. The number of nitrogens with one attached hydrogen (secondary N) is 1. The van der Waals surface area contributed by atoms with E-state index < -0.39 is 10.2 Å². The van der Waals surface area contributed by atoms with Gasteiger partial charge in [-0.3, -0.25) is 0 Å². The third-order valence-electron chi connectivity index (χ3n) is 2.78. The van der Waals surface area contributed by atoms with E-state index in [1.807, 2.05) is 6.92 Å². The SMILES string of the molecule is CC(CCCCl)NS(=O)(=O)N1CCCCC1. The van der Waals surface area contributed by atoms with E-state index in [0.717, 1.165) is 32.1 Å². The largest absolute Gasteiger partial charge is 0.279 e. The van der Waals surface area contributed by atoms with E-state index >= 15 is 0 Å². The molecule has 1 saturated heterocycles. The zero-order valence-electron chi connectivity index (χ0n) is 9.78. The topological polar surface area (TPSA) is 49.4 Å². The lowest BCUT2D eigenvalue weighted by Gasteiger charge is -2.27. The van der Waals surface area contributed by atoms with E-state index in [-0.39, 0.29) is 6.04 Å². The van der Waals surface area contributed by atoms with Gasteiger partial charge in [0.05, 0.1) is 0 Å². The lowest BCUT2D eigenvalue weighted by atomic mass is 10.2. The van der Waals surface area contributed by atoms with Gasteiger partial charge < -0.3 is 0 Å². The quantitative estimate of drug-likeness (QED) is 0.746. The molecule has 1 aliphatic rings. The molecule has 1 fully saturated rings. The molecule has 16 heavy (non-hydrogen) atoms. The third kappa shape index (κ3) is 4.57. The van der Waals surface area contributed by atoms with Crippen LogP contribution in [0, 0.1) is 0 Å². The van der Waals surface area contributed by atoms with Crippen LogP contribution in [-0.4, -0.2) is 37.7 Å². The van der Waals surface area contributed by atoms with Gasteiger partial charge in [-0.1, -0.05) is 6.42 Å². The predicted molar refractivity (Wildman–Crippen MR) is 66.9 cm³/mol. The van der Waals surface area contributed by atoms with E-state index in [1.54, 1.807) is 4.31 Å². The van der Waals surface area contributed by atoms with Crippen molar-refractivity contribution in [2.45, 2.75) is 45.1 Å². The molecule has 0 aromatic rings. The molecule has 1 unspecified atom stereocenters. The zero-order valence-corrected chi connectivity index (χ0v) is 11.4. The summed E-state index contributed by atoms with van der Waals surface area (Å²) in [4.78, 5) is 0. The van der Waals surface area contributed by atoms with Crippen molar-refractivity contribution >= 4 is 21.8 Å².